The molecular formula is C18H26N2O4. The van der Waals surface area contributed by atoms with Gasteiger partial charge in [0.05, 0.1) is 0 Å². The number of benzene rings is 1. The molecule has 6 heteroatoms. The molecule has 2 N–H and O–H groups in total. The number of methoxy groups -OCH3 is 1. The molecule has 1 aliphatic rings. The molecule has 1 atom stereocenters. The Morgan fingerprint density at radius 2 is 2.17 bits per heavy atom. The van der Waals surface area contributed by atoms with Gasteiger partial charge >= 0.3 is 0 Å². The molecule has 1 unspecified atom stereocenters. The van der Waals surface area contributed by atoms with Crippen molar-refractivity contribution < 1.29 is 19.1 Å². The van der Waals surface area contributed by atoms with Crippen LogP contribution in [0.15, 0.2) is 24.3 Å². The minimum absolute atomic E-state index is 0.0154. The zero-order valence-electron chi connectivity index (χ0n) is 14.2. The summed E-state index contributed by atoms with van der Waals surface area (Å²) in [7, 11) is 1.70. The fourth-order valence-electron chi connectivity index (χ4n) is 3.07. The van der Waals surface area contributed by atoms with Crippen molar-refractivity contribution in [2.24, 2.45) is 5.73 Å². The Hall–Kier alpha value is -2.08. The second-order valence-electron chi connectivity index (χ2n) is 6.07. The number of ether oxygens (including phenoxy) is 2. The van der Waals surface area contributed by atoms with Gasteiger partial charge in [-0.3, -0.25) is 9.59 Å². The lowest BCUT2D eigenvalue weighted by atomic mass is 9.97. The summed E-state index contributed by atoms with van der Waals surface area (Å²) < 4.78 is 10.4. The summed E-state index contributed by atoms with van der Waals surface area (Å²) in [6.07, 6.45) is 5.13. The van der Waals surface area contributed by atoms with Crippen LogP contribution < -0.4 is 10.5 Å². The Morgan fingerprint density at radius 3 is 2.92 bits per heavy atom. The van der Waals surface area contributed by atoms with Gasteiger partial charge in [0.2, 0.25) is 0 Å². The fraction of sp³-hybridized carbons (Fsp3) is 0.556. The summed E-state index contributed by atoms with van der Waals surface area (Å²) in [4.78, 5) is 25.7. The van der Waals surface area contributed by atoms with E-state index in [2.05, 4.69) is 0 Å². The number of amides is 2. The molecule has 1 aromatic carbocycles. The molecule has 1 saturated heterocycles. The second kappa shape index (κ2) is 9.27. The Bertz CT molecular complexity index is 562. The molecule has 0 aliphatic carbocycles. The largest absolute Gasteiger partial charge is 0.484 e. The molecule has 0 saturated carbocycles. The number of rotatable bonds is 8. The third kappa shape index (κ3) is 5.23. The van der Waals surface area contributed by atoms with Crippen LogP contribution in [0.1, 0.15) is 42.5 Å². The van der Waals surface area contributed by atoms with E-state index < -0.39 is 5.91 Å². The van der Waals surface area contributed by atoms with E-state index in [1.165, 1.54) is 0 Å². The summed E-state index contributed by atoms with van der Waals surface area (Å²) in [6.45, 7) is 1.30. The quantitative estimate of drug-likeness (QED) is 0.737. The molecule has 2 amide bonds. The SMILES string of the molecule is COCCCC1CCCCN1C(=O)c1cccc(OCC(N)=O)c1. The van der Waals surface area contributed by atoms with Gasteiger partial charge in [-0.15, -0.1) is 0 Å². The first-order chi connectivity index (χ1) is 11.6. The molecule has 1 heterocycles. The summed E-state index contributed by atoms with van der Waals surface area (Å²) >= 11 is 0. The number of piperidine rings is 1. The maximum absolute atomic E-state index is 12.9. The number of carbonyl (C=O) groups is 2. The Morgan fingerprint density at radius 1 is 1.33 bits per heavy atom. The van der Waals surface area contributed by atoms with Crippen LogP contribution in [0.4, 0.5) is 0 Å². The van der Waals surface area contributed by atoms with Crippen LogP contribution in [0.2, 0.25) is 0 Å². The van der Waals surface area contributed by atoms with Crippen molar-refractivity contribution in [3.8, 4) is 5.75 Å². The normalized spacial score (nSPS) is 17.5. The van der Waals surface area contributed by atoms with Gasteiger partial charge in [-0.2, -0.15) is 0 Å². The van der Waals surface area contributed by atoms with Gasteiger partial charge < -0.3 is 20.1 Å². The number of likely N-dealkylation sites (tertiary alicyclic amines) is 1. The summed E-state index contributed by atoms with van der Waals surface area (Å²) in [5.41, 5.74) is 5.66. The van der Waals surface area contributed by atoms with E-state index >= 15 is 0 Å². The number of nitrogens with zero attached hydrogens (tertiary/aromatic N) is 1. The first-order valence-electron chi connectivity index (χ1n) is 8.43. The van der Waals surface area contributed by atoms with Crippen molar-refractivity contribution in [2.75, 3.05) is 26.9 Å². The average Bonchev–Trinajstić information content (AvgIpc) is 2.60. The van der Waals surface area contributed by atoms with Crippen LogP contribution in [0.5, 0.6) is 5.75 Å². The molecule has 132 valence electrons. The van der Waals surface area contributed by atoms with E-state index in [1.807, 2.05) is 4.90 Å². The maximum Gasteiger partial charge on any atom is 0.255 e. The van der Waals surface area contributed by atoms with E-state index in [0.717, 1.165) is 45.3 Å². The van der Waals surface area contributed by atoms with Gasteiger partial charge in [-0.1, -0.05) is 6.07 Å². The number of primary amides is 1. The highest BCUT2D eigenvalue weighted by Crippen LogP contribution is 2.24. The third-order valence-corrected chi connectivity index (χ3v) is 4.24. The van der Waals surface area contributed by atoms with E-state index in [-0.39, 0.29) is 18.6 Å². The summed E-state index contributed by atoms with van der Waals surface area (Å²) in [5.74, 6) is -0.0461. The Kier molecular flexibility index (Phi) is 7.06. The van der Waals surface area contributed by atoms with E-state index in [4.69, 9.17) is 15.2 Å². The fourth-order valence-corrected chi connectivity index (χ4v) is 3.07. The smallest absolute Gasteiger partial charge is 0.255 e. The van der Waals surface area contributed by atoms with Crippen molar-refractivity contribution in [2.45, 2.75) is 38.1 Å². The number of carbonyl (C=O) groups excluding carboxylic acids is 2. The summed E-state index contributed by atoms with van der Waals surface area (Å²) in [5, 5.41) is 0. The predicted octanol–water partition coefficient (Wildman–Crippen LogP) is 1.97. The third-order valence-electron chi connectivity index (χ3n) is 4.24. The molecule has 1 aliphatic heterocycles. The van der Waals surface area contributed by atoms with Gasteiger partial charge in [0, 0.05) is 31.9 Å². The van der Waals surface area contributed by atoms with E-state index in [1.54, 1.807) is 31.4 Å². The topological polar surface area (TPSA) is 81.9 Å². The van der Waals surface area contributed by atoms with Crippen LogP contribution >= 0.6 is 0 Å². The highest BCUT2D eigenvalue weighted by molar-refractivity contribution is 5.95. The van der Waals surface area contributed by atoms with Crippen molar-refractivity contribution in [1.82, 2.24) is 4.90 Å². The van der Waals surface area contributed by atoms with Gasteiger partial charge in [-0.25, -0.2) is 0 Å². The zero-order valence-corrected chi connectivity index (χ0v) is 14.2. The predicted molar refractivity (Wildman–Crippen MR) is 90.9 cm³/mol. The van der Waals surface area contributed by atoms with Crippen LogP contribution in [0, 0.1) is 0 Å². The minimum Gasteiger partial charge on any atom is -0.484 e. The van der Waals surface area contributed by atoms with Gasteiger partial charge in [0.1, 0.15) is 5.75 Å². The van der Waals surface area contributed by atoms with Gasteiger partial charge in [0.15, 0.2) is 6.61 Å². The lowest BCUT2D eigenvalue weighted by molar-refractivity contribution is -0.119. The number of hydrogen-bond acceptors (Lipinski definition) is 4. The zero-order chi connectivity index (χ0) is 17.4. The summed E-state index contributed by atoms with van der Waals surface area (Å²) in [6, 6.07) is 7.18. The molecule has 0 radical (unpaired) electrons. The van der Waals surface area contributed by atoms with Gasteiger partial charge in [0.25, 0.3) is 11.8 Å². The molecule has 2 rings (SSSR count). The number of hydrogen-bond donors (Lipinski definition) is 1. The first kappa shape index (κ1) is 18.3. The second-order valence-corrected chi connectivity index (χ2v) is 6.07. The molecule has 6 nitrogen and oxygen atoms in total. The molecule has 1 fully saturated rings. The maximum atomic E-state index is 12.9. The number of nitrogens with two attached hydrogens (primary N) is 1. The monoisotopic (exact) mass is 334 g/mol. The highest BCUT2D eigenvalue weighted by Gasteiger charge is 2.27. The average molecular weight is 334 g/mol. The molecular weight excluding hydrogens is 308 g/mol. The van der Waals surface area contributed by atoms with E-state index in [9.17, 15) is 9.59 Å². The molecule has 1 aromatic rings. The van der Waals surface area contributed by atoms with Crippen molar-refractivity contribution in [3.05, 3.63) is 29.8 Å². The van der Waals surface area contributed by atoms with Crippen molar-refractivity contribution >= 4 is 11.8 Å². The first-order valence-corrected chi connectivity index (χ1v) is 8.43. The van der Waals surface area contributed by atoms with Crippen LogP contribution in [0.25, 0.3) is 0 Å². The van der Waals surface area contributed by atoms with Crippen molar-refractivity contribution in [1.29, 1.82) is 0 Å². The van der Waals surface area contributed by atoms with Crippen LogP contribution in [-0.4, -0.2) is 49.6 Å². The molecule has 0 aromatic heterocycles. The lowest BCUT2D eigenvalue weighted by Gasteiger charge is -2.36. The molecule has 24 heavy (non-hydrogen) atoms. The Balaban J connectivity index is 2.04. The van der Waals surface area contributed by atoms with Crippen LogP contribution in [0.3, 0.4) is 0 Å². The van der Waals surface area contributed by atoms with Gasteiger partial charge in [-0.05, 0) is 50.3 Å². The highest BCUT2D eigenvalue weighted by atomic mass is 16.5. The molecule has 0 bridgehead atoms. The van der Waals surface area contributed by atoms with Crippen molar-refractivity contribution in [3.63, 3.8) is 0 Å². The Labute approximate surface area is 142 Å². The lowest BCUT2D eigenvalue weighted by Crippen LogP contribution is -2.43. The van der Waals surface area contributed by atoms with Crippen LogP contribution in [-0.2, 0) is 9.53 Å². The minimum atomic E-state index is -0.541. The standard InChI is InChI=1S/C18H26N2O4/c1-23-11-5-8-15-7-2-3-10-20(15)18(22)14-6-4-9-16(12-14)24-13-17(19)21/h4,6,9,12,15H,2-3,5,7-8,10-11,13H2,1H3,(H2,19,21). The van der Waals surface area contributed by atoms with E-state index in [0.29, 0.717) is 11.3 Å². The molecule has 0 spiro atoms.